The summed E-state index contributed by atoms with van der Waals surface area (Å²) >= 11 is 5.95. The van der Waals surface area contributed by atoms with E-state index >= 15 is 0 Å². The summed E-state index contributed by atoms with van der Waals surface area (Å²) in [6.45, 7) is 4.32. The highest BCUT2D eigenvalue weighted by molar-refractivity contribution is 6.18. The molecular weight excluding hydrogens is 298 g/mol. The van der Waals surface area contributed by atoms with E-state index in [-0.39, 0.29) is 5.41 Å². The Morgan fingerprint density at radius 1 is 1.23 bits per heavy atom. The molecule has 0 aromatic heterocycles. The number of rotatable bonds is 8. The van der Waals surface area contributed by atoms with Gasteiger partial charge in [0.05, 0.1) is 14.2 Å². The number of ether oxygens (including phenoxy) is 2. The van der Waals surface area contributed by atoms with Gasteiger partial charge in [0.2, 0.25) is 0 Å². The van der Waals surface area contributed by atoms with Gasteiger partial charge in [0.25, 0.3) is 0 Å². The molecule has 0 N–H and O–H groups in total. The van der Waals surface area contributed by atoms with E-state index in [1.807, 2.05) is 6.07 Å². The van der Waals surface area contributed by atoms with Crippen LogP contribution in [0.1, 0.15) is 31.7 Å². The summed E-state index contributed by atoms with van der Waals surface area (Å²) in [6, 6.07) is 6.37. The standard InChI is InChI=1S/C18H28ClNO2/c1-14(11-19)12-20(2)13-18(8-5-9-18)15-6-7-16(21-3)17(10-15)22-4/h6-7,10,14H,5,8-9,11-13H2,1-4H3/t14-/m0/s1. The van der Waals surface area contributed by atoms with Gasteiger partial charge in [-0.3, -0.25) is 0 Å². The Bertz CT molecular complexity index is 488. The maximum Gasteiger partial charge on any atom is 0.161 e. The molecule has 0 heterocycles. The quantitative estimate of drug-likeness (QED) is 0.676. The van der Waals surface area contributed by atoms with E-state index in [4.69, 9.17) is 21.1 Å². The molecule has 1 fully saturated rings. The predicted octanol–water partition coefficient (Wildman–Crippen LogP) is 3.93. The molecule has 22 heavy (non-hydrogen) atoms. The van der Waals surface area contributed by atoms with Crippen molar-refractivity contribution in [1.29, 1.82) is 0 Å². The van der Waals surface area contributed by atoms with Gasteiger partial charge in [0.1, 0.15) is 0 Å². The highest BCUT2D eigenvalue weighted by Crippen LogP contribution is 2.46. The molecule has 0 bridgehead atoms. The summed E-state index contributed by atoms with van der Waals surface area (Å²) in [5, 5.41) is 0. The molecule has 1 aromatic rings. The lowest BCUT2D eigenvalue weighted by atomic mass is 9.64. The Morgan fingerprint density at radius 3 is 2.41 bits per heavy atom. The topological polar surface area (TPSA) is 21.7 Å². The molecule has 124 valence electrons. The fraction of sp³-hybridized carbons (Fsp3) is 0.667. The molecule has 0 unspecified atom stereocenters. The van der Waals surface area contributed by atoms with Crippen LogP contribution in [0.2, 0.25) is 0 Å². The van der Waals surface area contributed by atoms with E-state index in [9.17, 15) is 0 Å². The molecule has 1 aliphatic rings. The van der Waals surface area contributed by atoms with Crippen LogP contribution in [0, 0.1) is 5.92 Å². The Balaban J connectivity index is 2.16. The van der Waals surface area contributed by atoms with Gasteiger partial charge in [-0.25, -0.2) is 0 Å². The van der Waals surface area contributed by atoms with Gasteiger partial charge in [-0.05, 0) is 43.5 Å². The van der Waals surface area contributed by atoms with Gasteiger partial charge in [0, 0.05) is 24.4 Å². The second-order valence-corrected chi connectivity index (χ2v) is 6.97. The number of benzene rings is 1. The molecule has 0 aliphatic heterocycles. The van der Waals surface area contributed by atoms with Gasteiger partial charge in [-0.2, -0.15) is 0 Å². The van der Waals surface area contributed by atoms with E-state index < -0.39 is 0 Å². The third-order valence-electron chi connectivity index (χ3n) is 4.77. The van der Waals surface area contributed by atoms with E-state index in [0.717, 1.165) is 24.6 Å². The molecule has 4 heteroatoms. The molecule has 0 radical (unpaired) electrons. The van der Waals surface area contributed by atoms with Gasteiger partial charge < -0.3 is 14.4 Å². The summed E-state index contributed by atoms with van der Waals surface area (Å²) in [4.78, 5) is 2.42. The van der Waals surface area contributed by atoms with Crippen LogP contribution >= 0.6 is 11.6 Å². The molecular formula is C18H28ClNO2. The lowest BCUT2D eigenvalue weighted by molar-refractivity contribution is 0.150. The van der Waals surface area contributed by atoms with Crippen LogP contribution in [0.15, 0.2) is 18.2 Å². The van der Waals surface area contributed by atoms with Crippen LogP contribution in [0.5, 0.6) is 11.5 Å². The van der Waals surface area contributed by atoms with Crippen molar-refractivity contribution in [1.82, 2.24) is 4.90 Å². The number of methoxy groups -OCH3 is 2. The fourth-order valence-corrected chi connectivity index (χ4v) is 3.57. The normalized spacial score (nSPS) is 17.9. The van der Waals surface area contributed by atoms with Gasteiger partial charge in [0.15, 0.2) is 11.5 Å². The highest BCUT2D eigenvalue weighted by Gasteiger charge is 2.40. The first-order valence-electron chi connectivity index (χ1n) is 8.01. The molecule has 1 aromatic carbocycles. The minimum Gasteiger partial charge on any atom is -0.493 e. The maximum atomic E-state index is 5.95. The van der Waals surface area contributed by atoms with Crippen molar-refractivity contribution in [3.05, 3.63) is 23.8 Å². The molecule has 1 aliphatic carbocycles. The van der Waals surface area contributed by atoms with Gasteiger partial charge >= 0.3 is 0 Å². The second-order valence-electron chi connectivity index (χ2n) is 6.66. The summed E-state index contributed by atoms with van der Waals surface area (Å²) in [5.41, 5.74) is 1.61. The predicted molar refractivity (Wildman–Crippen MR) is 92.5 cm³/mol. The first-order chi connectivity index (χ1) is 10.5. The first-order valence-corrected chi connectivity index (χ1v) is 8.55. The third-order valence-corrected chi connectivity index (χ3v) is 5.29. The number of hydrogen-bond donors (Lipinski definition) is 0. The molecule has 1 saturated carbocycles. The van der Waals surface area contributed by atoms with Crippen molar-refractivity contribution in [2.24, 2.45) is 5.92 Å². The number of hydrogen-bond acceptors (Lipinski definition) is 3. The Kier molecular flexibility index (Phi) is 5.99. The summed E-state index contributed by atoms with van der Waals surface area (Å²) in [7, 11) is 5.57. The summed E-state index contributed by atoms with van der Waals surface area (Å²) in [6.07, 6.45) is 3.78. The number of nitrogens with zero attached hydrogens (tertiary/aromatic N) is 1. The van der Waals surface area contributed by atoms with Crippen molar-refractivity contribution >= 4 is 11.6 Å². The summed E-state index contributed by atoms with van der Waals surface area (Å²) < 4.78 is 10.8. The Morgan fingerprint density at radius 2 is 1.91 bits per heavy atom. The van der Waals surface area contributed by atoms with Crippen LogP contribution in [0.4, 0.5) is 0 Å². The largest absolute Gasteiger partial charge is 0.493 e. The van der Waals surface area contributed by atoms with Crippen LogP contribution in [0.3, 0.4) is 0 Å². The van der Waals surface area contributed by atoms with Crippen molar-refractivity contribution in [3.8, 4) is 11.5 Å². The number of likely N-dealkylation sites (N-methyl/N-ethyl adjacent to an activating group) is 1. The van der Waals surface area contributed by atoms with Gasteiger partial charge in [-0.15, -0.1) is 11.6 Å². The molecule has 0 amide bonds. The minimum absolute atomic E-state index is 0.250. The molecule has 0 saturated heterocycles. The minimum atomic E-state index is 0.250. The molecule has 0 spiro atoms. The zero-order chi connectivity index (χ0) is 16.2. The van der Waals surface area contributed by atoms with Crippen molar-refractivity contribution in [2.45, 2.75) is 31.6 Å². The lowest BCUT2D eigenvalue weighted by Crippen LogP contribution is -2.45. The second kappa shape index (κ2) is 7.56. The van der Waals surface area contributed by atoms with Gasteiger partial charge in [-0.1, -0.05) is 19.4 Å². The van der Waals surface area contributed by atoms with Crippen LogP contribution in [-0.2, 0) is 5.41 Å². The van der Waals surface area contributed by atoms with Crippen molar-refractivity contribution < 1.29 is 9.47 Å². The van der Waals surface area contributed by atoms with E-state index in [1.165, 1.54) is 24.8 Å². The Hall–Kier alpha value is -0.930. The maximum absolute atomic E-state index is 5.95. The summed E-state index contributed by atoms with van der Waals surface area (Å²) in [5.74, 6) is 2.86. The van der Waals surface area contributed by atoms with E-state index in [0.29, 0.717) is 11.8 Å². The fourth-order valence-electron chi connectivity index (χ4n) is 3.47. The first kappa shape index (κ1) is 17.4. The van der Waals surface area contributed by atoms with E-state index in [2.05, 4.69) is 31.0 Å². The van der Waals surface area contributed by atoms with E-state index in [1.54, 1.807) is 14.2 Å². The lowest BCUT2D eigenvalue weighted by Gasteiger charge is -2.45. The van der Waals surface area contributed by atoms with Crippen molar-refractivity contribution in [2.75, 3.05) is 40.2 Å². The molecule has 1 atom stereocenters. The highest BCUT2D eigenvalue weighted by atomic mass is 35.5. The van der Waals surface area contributed by atoms with Crippen LogP contribution < -0.4 is 9.47 Å². The third kappa shape index (κ3) is 3.69. The number of halogens is 1. The Labute approximate surface area is 139 Å². The smallest absolute Gasteiger partial charge is 0.161 e. The SMILES string of the molecule is COc1ccc(C2(CN(C)C[C@@H](C)CCl)CCC2)cc1OC. The van der Waals surface area contributed by atoms with Crippen LogP contribution in [0.25, 0.3) is 0 Å². The molecule has 2 rings (SSSR count). The number of alkyl halides is 1. The average Bonchev–Trinajstić information content (AvgIpc) is 2.50. The molecule has 3 nitrogen and oxygen atoms in total. The average molecular weight is 326 g/mol. The zero-order valence-corrected chi connectivity index (χ0v) is 14.9. The zero-order valence-electron chi connectivity index (χ0n) is 14.2. The monoisotopic (exact) mass is 325 g/mol. The van der Waals surface area contributed by atoms with Crippen molar-refractivity contribution in [3.63, 3.8) is 0 Å². The van der Waals surface area contributed by atoms with Crippen LogP contribution in [-0.4, -0.2) is 45.1 Å².